The number of aryl methyl sites for hydroxylation is 1. The second-order valence-electron chi connectivity index (χ2n) is 4.51. The molecular formula is C15H12BrFO3S. The van der Waals surface area contributed by atoms with Crippen LogP contribution in [0.5, 0.6) is 0 Å². The van der Waals surface area contributed by atoms with E-state index in [9.17, 15) is 13.4 Å². The summed E-state index contributed by atoms with van der Waals surface area (Å²) in [6.07, 6.45) is 0. The fraction of sp³-hybridized carbons (Fsp3) is 0.133. The molecule has 0 bridgehead atoms. The Balaban J connectivity index is 2.36. The first kappa shape index (κ1) is 15.9. The van der Waals surface area contributed by atoms with Crippen molar-refractivity contribution in [3.8, 4) is 0 Å². The number of benzene rings is 2. The van der Waals surface area contributed by atoms with Crippen molar-refractivity contribution in [2.24, 2.45) is 0 Å². The lowest BCUT2D eigenvalue weighted by Crippen LogP contribution is -2.06. The molecule has 21 heavy (non-hydrogen) atoms. The second kappa shape index (κ2) is 6.49. The summed E-state index contributed by atoms with van der Waals surface area (Å²) < 4.78 is 26.2. The number of halogens is 2. The molecule has 0 saturated heterocycles. The van der Waals surface area contributed by atoms with E-state index in [2.05, 4.69) is 15.9 Å². The van der Waals surface area contributed by atoms with Crippen LogP contribution in [-0.2, 0) is 16.6 Å². The molecule has 0 fully saturated rings. The van der Waals surface area contributed by atoms with Crippen LogP contribution < -0.4 is 0 Å². The summed E-state index contributed by atoms with van der Waals surface area (Å²) in [5.41, 5.74) is 1.43. The molecule has 1 N–H and O–H groups in total. The average molecular weight is 371 g/mol. The fourth-order valence-electron chi connectivity index (χ4n) is 1.90. The van der Waals surface area contributed by atoms with Crippen molar-refractivity contribution in [1.82, 2.24) is 0 Å². The Morgan fingerprint density at radius 1 is 1.29 bits per heavy atom. The minimum atomic E-state index is -1.53. The molecule has 0 radical (unpaired) electrons. The van der Waals surface area contributed by atoms with Crippen LogP contribution in [0.15, 0.2) is 45.8 Å². The quantitative estimate of drug-likeness (QED) is 0.887. The Hall–Kier alpha value is -1.53. The van der Waals surface area contributed by atoms with E-state index in [1.807, 2.05) is 0 Å². The molecule has 0 aliphatic rings. The average Bonchev–Trinajstić information content (AvgIpc) is 2.41. The van der Waals surface area contributed by atoms with E-state index in [1.165, 1.54) is 18.2 Å². The predicted molar refractivity (Wildman–Crippen MR) is 82.4 cm³/mol. The lowest BCUT2D eigenvalue weighted by molar-refractivity contribution is 0.0693. The third-order valence-corrected chi connectivity index (χ3v) is 4.91. The summed E-state index contributed by atoms with van der Waals surface area (Å²) in [5, 5.41) is 9.16. The first-order valence-electron chi connectivity index (χ1n) is 6.04. The Morgan fingerprint density at radius 2 is 2.00 bits per heavy atom. The van der Waals surface area contributed by atoms with Crippen molar-refractivity contribution < 1.29 is 18.5 Å². The van der Waals surface area contributed by atoms with E-state index in [0.29, 0.717) is 10.0 Å². The zero-order valence-electron chi connectivity index (χ0n) is 11.1. The van der Waals surface area contributed by atoms with Gasteiger partial charge in [-0.25, -0.2) is 9.18 Å². The highest BCUT2D eigenvalue weighted by Crippen LogP contribution is 2.23. The second-order valence-corrected chi connectivity index (χ2v) is 6.84. The number of hydrogen-bond donors (Lipinski definition) is 1. The van der Waals surface area contributed by atoms with Crippen LogP contribution in [0.3, 0.4) is 0 Å². The fourth-order valence-corrected chi connectivity index (χ4v) is 3.83. The molecule has 0 heterocycles. The molecule has 1 atom stereocenters. The molecule has 2 aromatic carbocycles. The van der Waals surface area contributed by atoms with Gasteiger partial charge in [-0.3, -0.25) is 4.21 Å². The summed E-state index contributed by atoms with van der Waals surface area (Å²) in [4.78, 5) is 11.5. The van der Waals surface area contributed by atoms with Gasteiger partial charge in [0.2, 0.25) is 0 Å². The first-order chi connectivity index (χ1) is 9.88. The molecule has 1 unspecified atom stereocenters. The van der Waals surface area contributed by atoms with Crippen LogP contribution in [0.1, 0.15) is 21.5 Å². The van der Waals surface area contributed by atoms with Crippen LogP contribution >= 0.6 is 15.9 Å². The van der Waals surface area contributed by atoms with Gasteiger partial charge in [0, 0.05) is 4.47 Å². The normalized spacial score (nSPS) is 12.1. The summed E-state index contributed by atoms with van der Waals surface area (Å²) in [6, 6.07) is 8.79. The summed E-state index contributed by atoms with van der Waals surface area (Å²) in [6.45, 7) is 1.73. The van der Waals surface area contributed by atoms with E-state index in [-0.39, 0.29) is 22.0 Å². The maximum absolute atomic E-state index is 13.1. The van der Waals surface area contributed by atoms with Crippen molar-refractivity contribution in [1.29, 1.82) is 0 Å². The van der Waals surface area contributed by atoms with E-state index in [4.69, 9.17) is 5.11 Å². The van der Waals surface area contributed by atoms with E-state index in [1.54, 1.807) is 25.1 Å². The minimum absolute atomic E-state index is 0.0105. The van der Waals surface area contributed by atoms with Crippen molar-refractivity contribution in [3.05, 3.63) is 63.4 Å². The molecule has 2 rings (SSSR count). The Kier molecular flexibility index (Phi) is 4.90. The third kappa shape index (κ3) is 3.77. The SMILES string of the molecule is Cc1cc(F)ccc1CS(=O)c1cc(Br)ccc1C(=O)O. The van der Waals surface area contributed by atoms with Crippen LogP contribution in [-0.4, -0.2) is 15.3 Å². The monoisotopic (exact) mass is 370 g/mol. The third-order valence-electron chi connectivity index (χ3n) is 3.01. The van der Waals surface area contributed by atoms with Crippen LogP contribution in [0, 0.1) is 12.7 Å². The highest BCUT2D eigenvalue weighted by atomic mass is 79.9. The Labute approximate surface area is 132 Å². The first-order valence-corrected chi connectivity index (χ1v) is 8.16. The molecule has 0 spiro atoms. The molecule has 0 aliphatic heterocycles. The smallest absolute Gasteiger partial charge is 0.336 e. The van der Waals surface area contributed by atoms with E-state index < -0.39 is 16.8 Å². The van der Waals surface area contributed by atoms with Gasteiger partial charge in [0.1, 0.15) is 5.82 Å². The van der Waals surface area contributed by atoms with Gasteiger partial charge in [0.15, 0.2) is 0 Å². The molecular weight excluding hydrogens is 359 g/mol. The van der Waals surface area contributed by atoms with Gasteiger partial charge in [0.05, 0.1) is 27.0 Å². The summed E-state index contributed by atoms with van der Waals surface area (Å²) in [5.74, 6) is -1.33. The molecule has 110 valence electrons. The van der Waals surface area contributed by atoms with Gasteiger partial charge in [0.25, 0.3) is 0 Å². The topological polar surface area (TPSA) is 54.4 Å². The Bertz CT molecular complexity index is 731. The van der Waals surface area contributed by atoms with E-state index >= 15 is 0 Å². The molecule has 0 saturated carbocycles. The molecule has 0 aliphatic carbocycles. The van der Waals surface area contributed by atoms with Gasteiger partial charge < -0.3 is 5.11 Å². The molecule has 6 heteroatoms. The van der Waals surface area contributed by atoms with Gasteiger partial charge in [-0.05, 0) is 48.4 Å². The van der Waals surface area contributed by atoms with Crippen molar-refractivity contribution >= 4 is 32.7 Å². The number of rotatable bonds is 4. The minimum Gasteiger partial charge on any atom is -0.478 e. The van der Waals surface area contributed by atoms with Crippen molar-refractivity contribution in [2.45, 2.75) is 17.6 Å². The zero-order chi connectivity index (χ0) is 15.6. The standard InChI is InChI=1S/C15H12BrFO3S/c1-9-6-12(17)4-2-10(9)8-21(20)14-7-11(16)3-5-13(14)15(18)19/h2-7H,8H2,1H3,(H,18,19). The predicted octanol–water partition coefficient (Wildman–Crippen LogP) is 3.90. The van der Waals surface area contributed by atoms with Crippen molar-refractivity contribution in [2.75, 3.05) is 0 Å². The van der Waals surface area contributed by atoms with Gasteiger partial charge >= 0.3 is 5.97 Å². The largest absolute Gasteiger partial charge is 0.478 e. The summed E-state index contributed by atoms with van der Waals surface area (Å²) in [7, 11) is -1.53. The molecule has 0 amide bonds. The van der Waals surface area contributed by atoms with Gasteiger partial charge in [-0.1, -0.05) is 22.0 Å². The highest BCUT2D eigenvalue weighted by molar-refractivity contribution is 9.10. The highest BCUT2D eigenvalue weighted by Gasteiger charge is 2.17. The van der Waals surface area contributed by atoms with Crippen LogP contribution in [0.4, 0.5) is 4.39 Å². The zero-order valence-corrected chi connectivity index (χ0v) is 13.5. The lowest BCUT2D eigenvalue weighted by Gasteiger charge is -2.09. The number of carboxylic acid groups (broad SMARTS) is 1. The molecule has 3 nitrogen and oxygen atoms in total. The number of carboxylic acids is 1. The maximum atomic E-state index is 13.1. The maximum Gasteiger partial charge on any atom is 0.336 e. The van der Waals surface area contributed by atoms with Crippen LogP contribution in [0.25, 0.3) is 0 Å². The molecule has 2 aromatic rings. The van der Waals surface area contributed by atoms with Crippen molar-refractivity contribution in [3.63, 3.8) is 0 Å². The van der Waals surface area contributed by atoms with Crippen LogP contribution in [0.2, 0.25) is 0 Å². The summed E-state index contributed by atoms with van der Waals surface area (Å²) >= 11 is 3.25. The van der Waals surface area contributed by atoms with E-state index in [0.717, 1.165) is 5.56 Å². The lowest BCUT2D eigenvalue weighted by atomic mass is 10.1. The van der Waals surface area contributed by atoms with Gasteiger partial charge in [-0.2, -0.15) is 0 Å². The number of aromatic carboxylic acids is 1. The Morgan fingerprint density at radius 3 is 2.62 bits per heavy atom. The number of hydrogen-bond acceptors (Lipinski definition) is 2. The number of carbonyl (C=O) groups is 1. The van der Waals surface area contributed by atoms with Gasteiger partial charge in [-0.15, -0.1) is 0 Å². The molecule has 0 aromatic heterocycles.